The monoisotopic (exact) mass is 212 g/mol. The summed E-state index contributed by atoms with van der Waals surface area (Å²) in [6.07, 6.45) is -2.25. The zero-order chi connectivity index (χ0) is 10.8. The number of carbonyl (C=O) groups excluding carboxylic acids is 1. The molecule has 0 bridgehead atoms. The summed E-state index contributed by atoms with van der Waals surface area (Å²) < 4.78 is 29.6. The number of carbonyl (C=O) groups is 1. The van der Waals surface area contributed by atoms with Gasteiger partial charge in [0.2, 0.25) is 5.78 Å². The third-order valence-electron chi connectivity index (χ3n) is 2.46. The Labute approximate surface area is 85.9 Å². The number of Topliss-reactive ketones (excluding diaryl/α,β-unsaturated/α-hetero) is 1. The molecule has 80 valence electrons. The average Bonchev–Trinajstić information content (AvgIpc) is 2.27. The Bertz CT molecular complexity index is 388. The molecule has 0 N–H and O–H groups in total. The Kier molecular flexibility index (Phi) is 2.77. The number of hydrogen-bond donors (Lipinski definition) is 0. The molecule has 0 aliphatic carbocycles. The van der Waals surface area contributed by atoms with Crippen LogP contribution >= 0.6 is 0 Å². The highest BCUT2D eigenvalue weighted by atomic mass is 19.3. The van der Waals surface area contributed by atoms with Gasteiger partial charge in [-0.15, -0.1) is 0 Å². The molecule has 15 heavy (non-hydrogen) atoms. The van der Waals surface area contributed by atoms with Gasteiger partial charge in [0, 0.05) is 5.56 Å². The van der Waals surface area contributed by atoms with E-state index in [2.05, 4.69) is 0 Å². The number of alkyl halides is 2. The minimum Gasteiger partial charge on any atom is -0.376 e. The number of ketones is 1. The number of fused-ring (bicyclic) bond motifs is 1. The van der Waals surface area contributed by atoms with Gasteiger partial charge in [-0.25, -0.2) is 8.78 Å². The lowest BCUT2D eigenvalue weighted by Gasteiger charge is -2.16. The SMILES string of the molecule is O=C(c1ccc2c(c1)CCOC2)C(F)F. The second-order valence-corrected chi connectivity index (χ2v) is 3.45. The lowest BCUT2D eigenvalue weighted by molar-refractivity contribution is 0.0678. The summed E-state index contributed by atoms with van der Waals surface area (Å²) in [5, 5.41) is 0. The summed E-state index contributed by atoms with van der Waals surface area (Å²) in [4.78, 5) is 11.0. The third kappa shape index (κ3) is 2.04. The van der Waals surface area contributed by atoms with Crippen molar-refractivity contribution in [2.24, 2.45) is 0 Å². The van der Waals surface area contributed by atoms with Gasteiger partial charge in [-0.2, -0.15) is 0 Å². The van der Waals surface area contributed by atoms with Crippen LogP contribution in [0.5, 0.6) is 0 Å². The molecular weight excluding hydrogens is 202 g/mol. The highest BCUT2D eigenvalue weighted by Gasteiger charge is 2.19. The Morgan fingerprint density at radius 2 is 2.13 bits per heavy atom. The lowest BCUT2D eigenvalue weighted by atomic mass is 9.99. The van der Waals surface area contributed by atoms with E-state index in [1.54, 1.807) is 12.1 Å². The molecule has 0 amide bonds. The van der Waals surface area contributed by atoms with E-state index in [-0.39, 0.29) is 5.56 Å². The molecule has 1 aliphatic heterocycles. The molecular formula is C11H10F2O2. The van der Waals surface area contributed by atoms with Gasteiger partial charge in [0.15, 0.2) is 0 Å². The van der Waals surface area contributed by atoms with Crippen LogP contribution < -0.4 is 0 Å². The van der Waals surface area contributed by atoms with E-state index >= 15 is 0 Å². The number of ether oxygens (including phenoxy) is 1. The first-order chi connectivity index (χ1) is 7.18. The third-order valence-corrected chi connectivity index (χ3v) is 2.46. The van der Waals surface area contributed by atoms with E-state index in [1.165, 1.54) is 6.07 Å². The van der Waals surface area contributed by atoms with Crippen LogP contribution in [0.2, 0.25) is 0 Å². The van der Waals surface area contributed by atoms with Crippen LogP contribution in [0.15, 0.2) is 18.2 Å². The van der Waals surface area contributed by atoms with E-state index < -0.39 is 12.2 Å². The van der Waals surface area contributed by atoms with Crippen LogP contribution in [-0.2, 0) is 17.8 Å². The standard InChI is InChI=1S/C11H10F2O2/c12-11(13)10(14)8-1-2-9-6-15-4-3-7(9)5-8/h1-2,5,11H,3-4,6H2. The molecule has 1 aliphatic rings. The van der Waals surface area contributed by atoms with Crippen molar-refractivity contribution in [3.8, 4) is 0 Å². The fraction of sp³-hybridized carbons (Fsp3) is 0.364. The van der Waals surface area contributed by atoms with Gasteiger partial charge >= 0.3 is 6.43 Å². The maximum Gasteiger partial charge on any atom is 0.300 e. The quantitative estimate of drug-likeness (QED) is 0.702. The summed E-state index contributed by atoms with van der Waals surface area (Å²) in [6.45, 7) is 1.08. The minimum absolute atomic E-state index is 0.0886. The molecule has 0 aromatic heterocycles. The summed E-state index contributed by atoms with van der Waals surface area (Å²) in [5.41, 5.74) is 2.01. The zero-order valence-corrected chi connectivity index (χ0v) is 8.00. The Morgan fingerprint density at radius 1 is 1.33 bits per heavy atom. The second kappa shape index (κ2) is 4.06. The summed E-state index contributed by atoms with van der Waals surface area (Å²) in [7, 11) is 0. The van der Waals surface area contributed by atoms with Crippen LogP contribution in [-0.4, -0.2) is 18.8 Å². The molecule has 0 saturated heterocycles. The highest BCUT2D eigenvalue weighted by molar-refractivity contribution is 5.98. The zero-order valence-electron chi connectivity index (χ0n) is 8.00. The first-order valence-electron chi connectivity index (χ1n) is 4.70. The van der Waals surface area contributed by atoms with Gasteiger partial charge in [0.1, 0.15) is 0 Å². The molecule has 0 fully saturated rings. The van der Waals surface area contributed by atoms with Crippen molar-refractivity contribution in [1.29, 1.82) is 0 Å². The molecule has 1 heterocycles. The molecule has 0 radical (unpaired) electrons. The first-order valence-corrected chi connectivity index (χ1v) is 4.70. The molecule has 1 aromatic carbocycles. The number of rotatable bonds is 2. The molecule has 2 nitrogen and oxygen atoms in total. The van der Waals surface area contributed by atoms with Crippen molar-refractivity contribution < 1.29 is 18.3 Å². The molecule has 0 atom stereocenters. The van der Waals surface area contributed by atoms with Crippen LogP contribution in [0.4, 0.5) is 8.78 Å². The van der Waals surface area contributed by atoms with Gasteiger partial charge in [-0.1, -0.05) is 12.1 Å². The minimum atomic E-state index is -2.93. The Hall–Kier alpha value is -1.29. The molecule has 0 unspecified atom stereocenters. The molecule has 2 rings (SSSR count). The fourth-order valence-electron chi connectivity index (χ4n) is 1.64. The average molecular weight is 212 g/mol. The Morgan fingerprint density at radius 3 is 2.87 bits per heavy atom. The van der Waals surface area contributed by atoms with Gasteiger partial charge in [-0.05, 0) is 23.6 Å². The van der Waals surface area contributed by atoms with E-state index in [1.807, 2.05) is 0 Å². The van der Waals surface area contributed by atoms with Crippen LogP contribution in [0.25, 0.3) is 0 Å². The van der Waals surface area contributed by atoms with Crippen molar-refractivity contribution in [3.05, 3.63) is 34.9 Å². The van der Waals surface area contributed by atoms with Gasteiger partial charge < -0.3 is 4.74 Å². The Balaban J connectivity index is 2.32. The molecule has 0 saturated carbocycles. The van der Waals surface area contributed by atoms with Crippen molar-refractivity contribution in [2.45, 2.75) is 19.5 Å². The molecule has 1 aromatic rings. The smallest absolute Gasteiger partial charge is 0.300 e. The van der Waals surface area contributed by atoms with E-state index in [0.29, 0.717) is 19.6 Å². The van der Waals surface area contributed by atoms with Crippen LogP contribution in [0.3, 0.4) is 0 Å². The van der Waals surface area contributed by atoms with Crippen molar-refractivity contribution in [1.82, 2.24) is 0 Å². The fourth-order valence-corrected chi connectivity index (χ4v) is 1.64. The normalized spacial score (nSPS) is 15.1. The van der Waals surface area contributed by atoms with Crippen LogP contribution in [0.1, 0.15) is 21.5 Å². The van der Waals surface area contributed by atoms with E-state index in [4.69, 9.17) is 4.74 Å². The number of benzene rings is 1. The summed E-state index contributed by atoms with van der Waals surface area (Å²) in [6, 6.07) is 4.67. The predicted molar refractivity (Wildman–Crippen MR) is 50.1 cm³/mol. The molecule has 4 heteroatoms. The number of hydrogen-bond acceptors (Lipinski definition) is 2. The second-order valence-electron chi connectivity index (χ2n) is 3.45. The molecule has 0 spiro atoms. The topological polar surface area (TPSA) is 26.3 Å². The summed E-state index contributed by atoms with van der Waals surface area (Å²) in [5.74, 6) is -1.11. The van der Waals surface area contributed by atoms with Crippen molar-refractivity contribution in [2.75, 3.05) is 6.61 Å². The summed E-state index contributed by atoms with van der Waals surface area (Å²) >= 11 is 0. The lowest BCUT2D eigenvalue weighted by Crippen LogP contribution is -2.14. The largest absolute Gasteiger partial charge is 0.376 e. The van der Waals surface area contributed by atoms with E-state index in [9.17, 15) is 13.6 Å². The van der Waals surface area contributed by atoms with E-state index in [0.717, 1.165) is 11.1 Å². The van der Waals surface area contributed by atoms with Gasteiger partial charge in [0.05, 0.1) is 13.2 Å². The van der Waals surface area contributed by atoms with Gasteiger partial charge in [0.25, 0.3) is 0 Å². The first kappa shape index (κ1) is 10.2. The number of halogens is 2. The highest BCUT2D eigenvalue weighted by Crippen LogP contribution is 2.19. The maximum absolute atomic E-state index is 12.2. The maximum atomic E-state index is 12.2. The van der Waals surface area contributed by atoms with Crippen molar-refractivity contribution >= 4 is 5.78 Å². The van der Waals surface area contributed by atoms with Gasteiger partial charge in [-0.3, -0.25) is 4.79 Å². The predicted octanol–water partition coefficient (Wildman–Crippen LogP) is 2.21. The van der Waals surface area contributed by atoms with Crippen molar-refractivity contribution in [3.63, 3.8) is 0 Å². The van der Waals surface area contributed by atoms with Crippen LogP contribution in [0, 0.1) is 0 Å².